The molecule has 3 nitrogen and oxygen atoms in total. The molecule has 1 saturated heterocycles. The topological polar surface area (TPSA) is 46.3 Å². The van der Waals surface area contributed by atoms with E-state index >= 15 is 0 Å². The first kappa shape index (κ1) is 13.9. The molecular formula is C15H28N2O. The molecule has 0 aromatic carbocycles. The number of carbonyl (C=O) groups excluding carboxylic acids is 1. The first-order valence-corrected chi connectivity index (χ1v) is 7.40. The molecule has 0 radical (unpaired) electrons. The second-order valence-electron chi connectivity index (χ2n) is 7.22. The molecule has 0 aromatic heterocycles. The molecule has 1 aliphatic heterocycles. The quantitative estimate of drug-likeness (QED) is 0.835. The van der Waals surface area contributed by atoms with Crippen LogP contribution in [0.1, 0.15) is 52.9 Å². The third-order valence-electron chi connectivity index (χ3n) is 4.90. The molecule has 1 unspecified atom stereocenters. The summed E-state index contributed by atoms with van der Waals surface area (Å²) < 4.78 is 0. The van der Waals surface area contributed by atoms with Gasteiger partial charge in [0.15, 0.2) is 0 Å². The maximum absolute atomic E-state index is 12.8. The van der Waals surface area contributed by atoms with Crippen molar-refractivity contribution in [3.8, 4) is 0 Å². The van der Waals surface area contributed by atoms with E-state index in [-0.39, 0.29) is 10.8 Å². The van der Waals surface area contributed by atoms with E-state index in [2.05, 4.69) is 25.7 Å². The van der Waals surface area contributed by atoms with Crippen molar-refractivity contribution >= 4 is 5.91 Å². The Morgan fingerprint density at radius 2 is 2.00 bits per heavy atom. The first-order chi connectivity index (χ1) is 8.41. The van der Waals surface area contributed by atoms with Gasteiger partial charge in [0.25, 0.3) is 0 Å². The fraction of sp³-hybridized carbons (Fsp3) is 0.933. The number of carbonyl (C=O) groups is 1. The molecule has 1 atom stereocenters. The average molecular weight is 252 g/mol. The molecule has 0 aromatic rings. The van der Waals surface area contributed by atoms with E-state index < -0.39 is 0 Å². The van der Waals surface area contributed by atoms with E-state index in [9.17, 15) is 4.79 Å². The van der Waals surface area contributed by atoms with Crippen LogP contribution in [0.5, 0.6) is 0 Å². The lowest BCUT2D eigenvalue weighted by atomic mass is 9.63. The summed E-state index contributed by atoms with van der Waals surface area (Å²) in [6.45, 7) is 9.11. The van der Waals surface area contributed by atoms with E-state index in [1.54, 1.807) is 0 Å². The average Bonchev–Trinajstić information content (AvgIpc) is 2.66. The molecule has 0 spiro atoms. The van der Waals surface area contributed by atoms with Crippen molar-refractivity contribution in [2.75, 3.05) is 19.6 Å². The summed E-state index contributed by atoms with van der Waals surface area (Å²) in [5.74, 6) is 1.03. The molecule has 1 heterocycles. The van der Waals surface area contributed by atoms with Gasteiger partial charge < -0.3 is 10.6 Å². The van der Waals surface area contributed by atoms with Gasteiger partial charge in [0.2, 0.25) is 5.91 Å². The van der Waals surface area contributed by atoms with Gasteiger partial charge in [-0.3, -0.25) is 4.79 Å². The third kappa shape index (κ3) is 2.42. The second-order valence-corrected chi connectivity index (χ2v) is 7.22. The molecule has 1 amide bonds. The summed E-state index contributed by atoms with van der Waals surface area (Å²) in [7, 11) is 0. The zero-order chi connectivity index (χ0) is 13.4. The van der Waals surface area contributed by atoms with Crippen LogP contribution in [0.3, 0.4) is 0 Å². The highest BCUT2D eigenvalue weighted by atomic mass is 16.2. The van der Waals surface area contributed by atoms with Crippen molar-refractivity contribution in [1.29, 1.82) is 0 Å². The maximum Gasteiger partial charge on any atom is 0.228 e. The van der Waals surface area contributed by atoms with Gasteiger partial charge in [0.05, 0.1) is 0 Å². The Balaban J connectivity index is 2.03. The Labute approximate surface area is 111 Å². The van der Waals surface area contributed by atoms with E-state index in [4.69, 9.17) is 5.73 Å². The Morgan fingerprint density at radius 1 is 1.33 bits per heavy atom. The highest BCUT2D eigenvalue weighted by molar-refractivity contribution is 5.84. The van der Waals surface area contributed by atoms with Gasteiger partial charge in [-0.05, 0) is 43.6 Å². The van der Waals surface area contributed by atoms with Gasteiger partial charge in [-0.25, -0.2) is 0 Å². The zero-order valence-corrected chi connectivity index (χ0v) is 12.2. The molecule has 2 N–H and O–H groups in total. The standard InChI is InChI=1S/C15H28N2O/c1-12(2)9-15(5-4-6-15)13(18)17-8-7-14(3,10-16)11-17/h12H,4-11,16H2,1-3H3. The van der Waals surface area contributed by atoms with Gasteiger partial charge in [0, 0.05) is 18.5 Å². The largest absolute Gasteiger partial charge is 0.342 e. The molecule has 1 aliphatic carbocycles. The van der Waals surface area contributed by atoms with Crippen LogP contribution < -0.4 is 5.73 Å². The highest BCUT2D eigenvalue weighted by Gasteiger charge is 2.48. The number of rotatable bonds is 4. The molecule has 0 bridgehead atoms. The maximum atomic E-state index is 12.8. The van der Waals surface area contributed by atoms with Crippen molar-refractivity contribution < 1.29 is 4.79 Å². The monoisotopic (exact) mass is 252 g/mol. The number of nitrogens with zero attached hydrogens (tertiary/aromatic N) is 1. The van der Waals surface area contributed by atoms with Crippen LogP contribution >= 0.6 is 0 Å². The van der Waals surface area contributed by atoms with Crippen LogP contribution in [-0.2, 0) is 4.79 Å². The fourth-order valence-corrected chi connectivity index (χ4v) is 3.59. The number of amides is 1. The van der Waals surface area contributed by atoms with Crippen molar-refractivity contribution in [3.63, 3.8) is 0 Å². The summed E-state index contributed by atoms with van der Waals surface area (Å²) in [4.78, 5) is 14.9. The minimum Gasteiger partial charge on any atom is -0.342 e. The van der Waals surface area contributed by atoms with Crippen molar-refractivity contribution in [3.05, 3.63) is 0 Å². The van der Waals surface area contributed by atoms with Crippen molar-refractivity contribution in [1.82, 2.24) is 4.90 Å². The molecule has 2 rings (SSSR count). The number of hydrogen-bond donors (Lipinski definition) is 1. The van der Waals surface area contributed by atoms with E-state index in [1.165, 1.54) is 6.42 Å². The van der Waals surface area contributed by atoms with Crippen LogP contribution in [0, 0.1) is 16.7 Å². The van der Waals surface area contributed by atoms with Gasteiger partial charge >= 0.3 is 0 Å². The summed E-state index contributed by atoms with van der Waals surface area (Å²) >= 11 is 0. The molecule has 2 aliphatic rings. The van der Waals surface area contributed by atoms with Crippen LogP contribution in [0.15, 0.2) is 0 Å². The molecular weight excluding hydrogens is 224 g/mol. The summed E-state index contributed by atoms with van der Waals surface area (Å²) in [5.41, 5.74) is 5.96. The van der Waals surface area contributed by atoms with Crippen molar-refractivity contribution in [2.24, 2.45) is 22.5 Å². The Kier molecular flexibility index (Phi) is 3.72. The minimum absolute atomic E-state index is 0.0198. The Morgan fingerprint density at radius 3 is 2.39 bits per heavy atom. The molecule has 18 heavy (non-hydrogen) atoms. The lowest BCUT2D eigenvalue weighted by Gasteiger charge is -2.44. The molecule has 3 heteroatoms. The van der Waals surface area contributed by atoms with Crippen LogP contribution in [-0.4, -0.2) is 30.4 Å². The Bertz CT molecular complexity index is 322. The first-order valence-electron chi connectivity index (χ1n) is 7.40. The molecule has 104 valence electrons. The second kappa shape index (κ2) is 4.84. The Hall–Kier alpha value is -0.570. The lowest BCUT2D eigenvalue weighted by molar-refractivity contribution is -0.148. The molecule has 1 saturated carbocycles. The van der Waals surface area contributed by atoms with E-state index in [0.29, 0.717) is 18.4 Å². The van der Waals surface area contributed by atoms with Gasteiger partial charge in [-0.2, -0.15) is 0 Å². The fourth-order valence-electron chi connectivity index (χ4n) is 3.59. The normalized spacial score (nSPS) is 30.6. The van der Waals surface area contributed by atoms with Gasteiger partial charge in [-0.1, -0.05) is 27.2 Å². The van der Waals surface area contributed by atoms with Crippen LogP contribution in [0.4, 0.5) is 0 Å². The summed E-state index contributed by atoms with van der Waals surface area (Å²) in [6.07, 6.45) is 5.54. The van der Waals surface area contributed by atoms with E-state index in [0.717, 1.165) is 38.8 Å². The minimum atomic E-state index is -0.0198. The highest BCUT2D eigenvalue weighted by Crippen LogP contribution is 2.48. The van der Waals surface area contributed by atoms with E-state index in [1.807, 2.05) is 0 Å². The van der Waals surface area contributed by atoms with Crippen LogP contribution in [0.2, 0.25) is 0 Å². The summed E-state index contributed by atoms with van der Waals surface area (Å²) in [6, 6.07) is 0. The smallest absolute Gasteiger partial charge is 0.228 e. The SMILES string of the molecule is CC(C)CC1(C(=O)N2CCC(C)(CN)C2)CCC1. The van der Waals surface area contributed by atoms with Crippen molar-refractivity contribution in [2.45, 2.75) is 52.9 Å². The third-order valence-corrected chi connectivity index (χ3v) is 4.90. The number of likely N-dealkylation sites (tertiary alicyclic amines) is 1. The van der Waals surface area contributed by atoms with Crippen LogP contribution in [0.25, 0.3) is 0 Å². The predicted octanol–water partition coefficient (Wildman–Crippen LogP) is 2.40. The number of hydrogen-bond acceptors (Lipinski definition) is 2. The summed E-state index contributed by atoms with van der Waals surface area (Å²) in [5, 5.41) is 0. The number of nitrogens with two attached hydrogens (primary N) is 1. The van der Waals surface area contributed by atoms with Gasteiger partial charge in [-0.15, -0.1) is 0 Å². The molecule has 2 fully saturated rings. The zero-order valence-electron chi connectivity index (χ0n) is 12.2. The van der Waals surface area contributed by atoms with Gasteiger partial charge in [0.1, 0.15) is 0 Å². The predicted molar refractivity (Wildman–Crippen MR) is 74.1 cm³/mol. The lowest BCUT2D eigenvalue weighted by Crippen LogP contribution is -2.48.